The molecule has 0 aliphatic heterocycles. The Bertz CT molecular complexity index is 875. The number of hydrogen-bond acceptors (Lipinski definition) is 3. The normalized spacial score (nSPS) is 12.6. The molecule has 0 fully saturated rings. The molecule has 30 heavy (non-hydrogen) atoms. The average molecular weight is 474 g/mol. The molecule has 1 amide bonds. The summed E-state index contributed by atoms with van der Waals surface area (Å²) in [5.41, 5.74) is 0.493. The number of nitrogens with zero attached hydrogens (tertiary/aromatic N) is 1. The van der Waals surface area contributed by atoms with Gasteiger partial charge in [-0.1, -0.05) is 59.6 Å². The van der Waals surface area contributed by atoms with Crippen LogP contribution in [0.1, 0.15) is 43.0 Å². The number of carbonyl (C=O) groups excluding carboxylic acids is 1. The maximum atomic E-state index is 12.0. The van der Waals surface area contributed by atoms with Crippen LogP contribution in [-0.2, 0) is 20.6 Å². The lowest BCUT2D eigenvalue weighted by Crippen LogP contribution is -2.31. The second kappa shape index (κ2) is 11.8. The molecule has 0 radical (unpaired) electrons. The van der Waals surface area contributed by atoms with Crippen LogP contribution in [0, 0.1) is 0 Å². The van der Waals surface area contributed by atoms with Crippen LogP contribution in [0.2, 0.25) is 10.0 Å². The van der Waals surface area contributed by atoms with E-state index in [1.807, 2.05) is 18.2 Å². The summed E-state index contributed by atoms with van der Waals surface area (Å²) in [7, 11) is -4.49. The van der Waals surface area contributed by atoms with Crippen molar-refractivity contribution in [2.24, 2.45) is 0 Å². The van der Waals surface area contributed by atoms with Crippen molar-refractivity contribution in [1.29, 1.82) is 0 Å². The standard InChI is InChI=1S/C21H26Cl2NO5P/c1-16(25)24(29-14-6-5-9-17-7-3-2-4-8-17)13-12-21(30(26,27)28)18-10-11-19(22)20(23)15-18/h2-4,7-8,10-11,15,21H,5-6,9,12-14H2,1H3,(H2,26,27,28). The van der Waals surface area contributed by atoms with Crippen molar-refractivity contribution in [3.63, 3.8) is 0 Å². The number of hydrogen-bond donors (Lipinski definition) is 2. The van der Waals surface area contributed by atoms with Crippen LogP contribution in [0.4, 0.5) is 0 Å². The van der Waals surface area contributed by atoms with E-state index in [2.05, 4.69) is 12.1 Å². The average Bonchev–Trinajstić information content (AvgIpc) is 2.68. The Labute approximate surface area is 186 Å². The Morgan fingerprint density at radius 2 is 1.80 bits per heavy atom. The zero-order valence-electron chi connectivity index (χ0n) is 16.7. The first kappa shape index (κ1) is 24.9. The highest BCUT2D eigenvalue weighted by Gasteiger charge is 2.31. The van der Waals surface area contributed by atoms with Crippen LogP contribution >= 0.6 is 30.8 Å². The molecule has 0 heterocycles. The summed E-state index contributed by atoms with van der Waals surface area (Å²) in [4.78, 5) is 37.0. The Kier molecular flexibility index (Phi) is 9.82. The van der Waals surface area contributed by atoms with E-state index < -0.39 is 13.3 Å². The van der Waals surface area contributed by atoms with Crippen molar-refractivity contribution in [2.45, 2.75) is 38.3 Å². The van der Waals surface area contributed by atoms with Gasteiger partial charge < -0.3 is 9.79 Å². The lowest BCUT2D eigenvalue weighted by atomic mass is 10.1. The van der Waals surface area contributed by atoms with Gasteiger partial charge in [-0.05, 0) is 48.9 Å². The van der Waals surface area contributed by atoms with E-state index in [0.717, 1.165) is 24.3 Å². The highest BCUT2D eigenvalue weighted by Crippen LogP contribution is 2.54. The number of amides is 1. The quantitative estimate of drug-likeness (QED) is 0.259. The minimum absolute atomic E-state index is 0.0197. The number of unbranched alkanes of at least 4 members (excludes halogenated alkanes) is 1. The molecule has 2 N–H and O–H groups in total. The molecule has 0 bridgehead atoms. The number of rotatable bonds is 11. The minimum Gasteiger partial charge on any atom is -0.324 e. The number of carbonyl (C=O) groups is 1. The van der Waals surface area contributed by atoms with E-state index in [0.29, 0.717) is 17.2 Å². The molecule has 0 spiro atoms. The Morgan fingerprint density at radius 3 is 2.40 bits per heavy atom. The molecule has 1 unspecified atom stereocenters. The number of aryl methyl sites for hydroxylation is 1. The van der Waals surface area contributed by atoms with E-state index in [-0.39, 0.29) is 23.9 Å². The fourth-order valence-corrected chi connectivity index (χ4v) is 4.36. The molecule has 2 aromatic carbocycles. The first-order chi connectivity index (χ1) is 14.2. The molecule has 0 aliphatic rings. The van der Waals surface area contributed by atoms with Gasteiger partial charge in [-0.2, -0.15) is 0 Å². The monoisotopic (exact) mass is 473 g/mol. The van der Waals surface area contributed by atoms with Gasteiger partial charge >= 0.3 is 7.60 Å². The lowest BCUT2D eigenvalue weighted by molar-refractivity contribution is -0.185. The SMILES string of the molecule is CC(=O)N(CCC(c1ccc(Cl)c(Cl)c1)P(=O)(O)O)OCCCCc1ccccc1. The summed E-state index contributed by atoms with van der Waals surface area (Å²) in [6.07, 6.45) is 2.60. The van der Waals surface area contributed by atoms with Crippen LogP contribution < -0.4 is 0 Å². The summed E-state index contributed by atoms with van der Waals surface area (Å²) in [5, 5.41) is 1.67. The second-order valence-electron chi connectivity index (χ2n) is 6.96. The molecule has 0 saturated heterocycles. The lowest BCUT2D eigenvalue weighted by Gasteiger charge is -2.24. The second-order valence-corrected chi connectivity index (χ2v) is 9.58. The molecule has 9 heteroatoms. The smallest absolute Gasteiger partial charge is 0.324 e. The van der Waals surface area contributed by atoms with Gasteiger partial charge in [0.1, 0.15) is 0 Å². The van der Waals surface area contributed by atoms with E-state index in [9.17, 15) is 19.1 Å². The fraction of sp³-hybridized carbons (Fsp3) is 0.381. The summed E-state index contributed by atoms with van der Waals surface area (Å²) in [6.45, 7) is 1.75. The van der Waals surface area contributed by atoms with Crippen molar-refractivity contribution in [1.82, 2.24) is 5.06 Å². The molecule has 2 rings (SSSR count). The molecule has 2 aromatic rings. The first-order valence-electron chi connectivity index (χ1n) is 9.63. The number of hydroxylamine groups is 2. The third-order valence-corrected chi connectivity index (χ3v) is 6.75. The fourth-order valence-electron chi connectivity index (χ4n) is 3.05. The molecule has 164 valence electrons. The predicted octanol–water partition coefficient (Wildman–Crippen LogP) is 5.41. The molecule has 6 nitrogen and oxygen atoms in total. The van der Waals surface area contributed by atoms with Crippen LogP contribution in [0.3, 0.4) is 0 Å². The van der Waals surface area contributed by atoms with E-state index in [1.54, 1.807) is 0 Å². The zero-order chi connectivity index (χ0) is 22.1. The van der Waals surface area contributed by atoms with Gasteiger partial charge in [0.05, 0.1) is 22.3 Å². The van der Waals surface area contributed by atoms with Crippen LogP contribution in [0.15, 0.2) is 48.5 Å². The molecular weight excluding hydrogens is 448 g/mol. The van der Waals surface area contributed by atoms with Gasteiger partial charge in [-0.3, -0.25) is 14.2 Å². The van der Waals surface area contributed by atoms with Gasteiger partial charge in [0, 0.05) is 13.5 Å². The van der Waals surface area contributed by atoms with E-state index in [4.69, 9.17) is 28.0 Å². The largest absolute Gasteiger partial charge is 0.333 e. The van der Waals surface area contributed by atoms with Gasteiger partial charge in [0.25, 0.3) is 0 Å². The van der Waals surface area contributed by atoms with Crippen molar-refractivity contribution >= 4 is 36.7 Å². The third kappa shape index (κ3) is 8.03. The molecule has 1 atom stereocenters. The summed E-state index contributed by atoms with van der Waals surface area (Å²) in [5.74, 6) is -0.323. The minimum atomic E-state index is -4.49. The zero-order valence-corrected chi connectivity index (χ0v) is 19.1. The molecule has 0 aromatic heterocycles. The maximum absolute atomic E-state index is 12.0. The highest BCUT2D eigenvalue weighted by molar-refractivity contribution is 7.52. The van der Waals surface area contributed by atoms with E-state index >= 15 is 0 Å². The summed E-state index contributed by atoms with van der Waals surface area (Å²) >= 11 is 11.9. The van der Waals surface area contributed by atoms with E-state index in [1.165, 1.54) is 30.7 Å². The third-order valence-electron chi connectivity index (χ3n) is 4.64. The maximum Gasteiger partial charge on any atom is 0.333 e. The Morgan fingerprint density at radius 1 is 1.10 bits per heavy atom. The molecule has 0 aliphatic carbocycles. The molecular formula is C21H26Cl2NO5P. The van der Waals surface area contributed by atoms with Crippen LogP contribution in [0.25, 0.3) is 0 Å². The van der Waals surface area contributed by atoms with Crippen molar-refractivity contribution < 1.29 is 24.0 Å². The highest BCUT2D eigenvalue weighted by atomic mass is 35.5. The first-order valence-corrected chi connectivity index (χ1v) is 12.1. The van der Waals surface area contributed by atoms with Crippen LogP contribution in [0.5, 0.6) is 0 Å². The Hall–Kier alpha value is -1.40. The topological polar surface area (TPSA) is 87.1 Å². The number of benzene rings is 2. The number of halogens is 2. The van der Waals surface area contributed by atoms with Crippen molar-refractivity contribution in [3.8, 4) is 0 Å². The van der Waals surface area contributed by atoms with Crippen molar-refractivity contribution in [3.05, 3.63) is 69.7 Å². The van der Waals surface area contributed by atoms with Gasteiger partial charge in [-0.15, -0.1) is 0 Å². The van der Waals surface area contributed by atoms with Gasteiger partial charge in [-0.25, -0.2) is 5.06 Å². The predicted molar refractivity (Wildman–Crippen MR) is 119 cm³/mol. The Balaban J connectivity index is 1.89. The summed E-state index contributed by atoms with van der Waals surface area (Å²) in [6, 6.07) is 14.6. The van der Waals surface area contributed by atoms with Gasteiger partial charge in [0.2, 0.25) is 5.91 Å². The van der Waals surface area contributed by atoms with Crippen LogP contribution in [-0.4, -0.2) is 33.9 Å². The molecule has 0 saturated carbocycles. The van der Waals surface area contributed by atoms with Crippen molar-refractivity contribution in [2.75, 3.05) is 13.2 Å². The summed E-state index contributed by atoms with van der Waals surface area (Å²) < 4.78 is 12.0. The van der Waals surface area contributed by atoms with Gasteiger partial charge in [0.15, 0.2) is 0 Å².